The Morgan fingerprint density at radius 2 is 2.00 bits per heavy atom. The zero-order chi connectivity index (χ0) is 14.8. The number of nitrogens with one attached hydrogen (secondary N) is 2. The predicted octanol–water partition coefficient (Wildman–Crippen LogP) is 2.68. The molecule has 0 aliphatic carbocycles. The van der Waals surface area contributed by atoms with Crippen LogP contribution in [0.25, 0.3) is 10.8 Å². The first-order valence-corrected chi connectivity index (χ1v) is 7.71. The van der Waals surface area contributed by atoms with Crippen molar-refractivity contribution < 1.29 is 9.59 Å². The minimum atomic E-state index is -0.438. The Morgan fingerprint density at radius 3 is 2.76 bits per heavy atom. The summed E-state index contributed by atoms with van der Waals surface area (Å²) in [6.45, 7) is 0. The summed E-state index contributed by atoms with van der Waals surface area (Å²) in [5.74, 6) is -0.387. The summed E-state index contributed by atoms with van der Waals surface area (Å²) in [6.07, 6.45) is 0.111. The van der Waals surface area contributed by atoms with Gasteiger partial charge in [-0.25, -0.2) is 0 Å². The van der Waals surface area contributed by atoms with E-state index in [0.29, 0.717) is 4.32 Å². The molecule has 1 aliphatic rings. The summed E-state index contributed by atoms with van der Waals surface area (Å²) >= 11 is 6.14. The minimum absolute atomic E-state index is 0.111. The van der Waals surface area contributed by atoms with Crippen molar-refractivity contribution in [1.82, 2.24) is 5.32 Å². The maximum Gasteiger partial charge on any atom is 0.239 e. The fourth-order valence-corrected chi connectivity index (χ4v) is 3.50. The number of rotatable bonds is 3. The molecule has 2 amide bonds. The molecule has 2 N–H and O–H groups in total. The summed E-state index contributed by atoms with van der Waals surface area (Å²) in [5.41, 5.74) is 0.754. The van der Waals surface area contributed by atoms with Crippen LogP contribution in [0.5, 0.6) is 0 Å². The molecule has 0 unspecified atom stereocenters. The molecule has 1 saturated heterocycles. The number of amides is 2. The van der Waals surface area contributed by atoms with Crippen molar-refractivity contribution in [1.29, 1.82) is 0 Å². The molecule has 4 nitrogen and oxygen atoms in total. The van der Waals surface area contributed by atoms with Crippen molar-refractivity contribution in [3.05, 3.63) is 42.5 Å². The number of carbonyl (C=O) groups is 2. The predicted molar refractivity (Wildman–Crippen MR) is 89.3 cm³/mol. The molecule has 1 heterocycles. The monoisotopic (exact) mass is 316 g/mol. The first-order valence-electron chi connectivity index (χ1n) is 6.42. The molecule has 1 fully saturated rings. The van der Waals surface area contributed by atoms with E-state index < -0.39 is 5.25 Å². The van der Waals surface area contributed by atoms with Crippen LogP contribution in [0.2, 0.25) is 0 Å². The highest BCUT2D eigenvalue weighted by Gasteiger charge is 2.30. The van der Waals surface area contributed by atoms with Gasteiger partial charge in [-0.15, -0.1) is 0 Å². The van der Waals surface area contributed by atoms with E-state index in [2.05, 4.69) is 10.6 Å². The van der Waals surface area contributed by atoms with E-state index in [4.69, 9.17) is 12.2 Å². The third-order valence-electron chi connectivity index (χ3n) is 3.20. The molecule has 106 valence electrons. The van der Waals surface area contributed by atoms with E-state index in [1.807, 2.05) is 42.5 Å². The van der Waals surface area contributed by atoms with Crippen LogP contribution in [0.1, 0.15) is 6.42 Å². The van der Waals surface area contributed by atoms with Gasteiger partial charge in [0, 0.05) is 17.5 Å². The van der Waals surface area contributed by atoms with E-state index in [1.54, 1.807) is 0 Å². The van der Waals surface area contributed by atoms with Gasteiger partial charge >= 0.3 is 0 Å². The second kappa shape index (κ2) is 5.83. The Morgan fingerprint density at radius 1 is 1.24 bits per heavy atom. The molecule has 0 saturated carbocycles. The van der Waals surface area contributed by atoms with Gasteiger partial charge in [0.05, 0.1) is 5.25 Å². The maximum atomic E-state index is 12.1. The van der Waals surface area contributed by atoms with E-state index in [9.17, 15) is 9.59 Å². The van der Waals surface area contributed by atoms with Gasteiger partial charge in [0.1, 0.15) is 4.32 Å². The molecule has 21 heavy (non-hydrogen) atoms. The summed E-state index contributed by atoms with van der Waals surface area (Å²) in [6, 6.07) is 13.6. The number of carbonyl (C=O) groups excluding carboxylic acids is 2. The van der Waals surface area contributed by atoms with Gasteiger partial charge in [0.2, 0.25) is 11.8 Å². The van der Waals surface area contributed by atoms with Crippen molar-refractivity contribution in [2.75, 3.05) is 5.32 Å². The smallest absolute Gasteiger partial charge is 0.239 e. The third-order valence-corrected chi connectivity index (χ3v) is 4.57. The number of benzene rings is 2. The fraction of sp³-hybridized carbons (Fsp3) is 0.133. The van der Waals surface area contributed by atoms with Crippen LogP contribution in [-0.4, -0.2) is 21.4 Å². The highest BCUT2D eigenvalue weighted by Crippen LogP contribution is 2.25. The number of thioether (sulfide) groups is 1. The third kappa shape index (κ3) is 3.06. The Bertz CT molecular complexity index is 740. The molecule has 1 aliphatic heterocycles. The van der Waals surface area contributed by atoms with E-state index in [0.717, 1.165) is 16.5 Å². The summed E-state index contributed by atoms with van der Waals surface area (Å²) in [7, 11) is 0. The lowest BCUT2D eigenvalue weighted by Crippen LogP contribution is -2.27. The molecule has 2 aromatic rings. The van der Waals surface area contributed by atoms with Crippen LogP contribution < -0.4 is 10.6 Å². The second-order valence-electron chi connectivity index (χ2n) is 4.66. The first kappa shape index (κ1) is 14.0. The number of anilines is 1. The normalized spacial score (nSPS) is 17.8. The average Bonchev–Trinajstić information content (AvgIpc) is 2.77. The standard InChI is InChI=1S/C15H12N2O2S2/c18-13(8-12-14(19)17-15(20)21-12)16-11-7-3-5-9-4-1-2-6-10(9)11/h1-7,12H,8H2,(H,16,18)(H,17,19,20)/t12-/m0/s1. The van der Waals surface area contributed by atoms with Gasteiger partial charge in [0.15, 0.2) is 0 Å². The number of fused-ring (bicyclic) bond motifs is 1. The average molecular weight is 316 g/mol. The topological polar surface area (TPSA) is 58.2 Å². The summed E-state index contributed by atoms with van der Waals surface area (Å²) in [5, 5.41) is 7.01. The Kier molecular flexibility index (Phi) is 3.90. The molecule has 3 rings (SSSR count). The Hall–Kier alpha value is -1.92. The molecule has 2 aromatic carbocycles. The van der Waals surface area contributed by atoms with Crippen LogP contribution in [-0.2, 0) is 9.59 Å². The first-order chi connectivity index (χ1) is 10.1. The van der Waals surface area contributed by atoms with Crippen LogP contribution in [0.3, 0.4) is 0 Å². The lowest BCUT2D eigenvalue weighted by atomic mass is 10.1. The number of hydrogen-bond donors (Lipinski definition) is 2. The Labute approximate surface area is 131 Å². The maximum absolute atomic E-state index is 12.1. The van der Waals surface area contributed by atoms with Crippen LogP contribution >= 0.6 is 24.0 Å². The minimum Gasteiger partial charge on any atom is -0.325 e. The largest absolute Gasteiger partial charge is 0.325 e. The van der Waals surface area contributed by atoms with Crippen molar-refractivity contribution in [3.8, 4) is 0 Å². The lowest BCUT2D eigenvalue weighted by molar-refractivity contribution is -0.122. The van der Waals surface area contributed by atoms with Gasteiger partial charge in [-0.2, -0.15) is 0 Å². The van der Waals surface area contributed by atoms with E-state index in [1.165, 1.54) is 11.8 Å². The quantitative estimate of drug-likeness (QED) is 0.855. The van der Waals surface area contributed by atoms with Gasteiger partial charge in [0.25, 0.3) is 0 Å². The van der Waals surface area contributed by atoms with Crippen LogP contribution in [0.4, 0.5) is 5.69 Å². The highest BCUT2D eigenvalue weighted by atomic mass is 32.2. The van der Waals surface area contributed by atoms with Crippen LogP contribution in [0.15, 0.2) is 42.5 Å². The summed E-state index contributed by atoms with van der Waals surface area (Å²) in [4.78, 5) is 23.7. The molecule has 0 aromatic heterocycles. The SMILES string of the molecule is O=C(C[C@@H]1SC(=S)NC1=O)Nc1cccc2ccccc12. The van der Waals surface area contributed by atoms with E-state index in [-0.39, 0.29) is 18.2 Å². The highest BCUT2D eigenvalue weighted by molar-refractivity contribution is 8.24. The zero-order valence-corrected chi connectivity index (χ0v) is 12.6. The second-order valence-corrected chi connectivity index (χ2v) is 6.54. The molecule has 1 atom stereocenters. The van der Waals surface area contributed by atoms with Crippen molar-refractivity contribution >= 4 is 56.6 Å². The summed E-state index contributed by atoms with van der Waals surface area (Å²) < 4.78 is 0.433. The van der Waals surface area contributed by atoms with Crippen LogP contribution in [0, 0.1) is 0 Å². The fourth-order valence-electron chi connectivity index (χ4n) is 2.23. The van der Waals surface area contributed by atoms with Crippen molar-refractivity contribution in [2.24, 2.45) is 0 Å². The molecular formula is C15H12N2O2S2. The molecule has 6 heteroatoms. The number of thiocarbonyl (C=S) groups is 1. The molecule has 0 spiro atoms. The van der Waals surface area contributed by atoms with Gasteiger partial charge in [-0.1, -0.05) is 60.4 Å². The van der Waals surface area contributed by atoms with Gasteiger partial charge in [-0.3, -0.25) is 9.59 Å². The van der Waals surface area contributed by atoms with Crippen molar-refractivity contribution in [3.63, 3.8) is 0 Å². The van der Waals surface area contributed by atoms with Gasteiger partial charge in [-0.05, 0) is 11.5 Å². The Balaban J connectivity index is 1.75. The van der Waals surface area contributed by atoms with Gasteiger partial charge < -0.3 is 10.6 Å². The zero-order valence-electron chi connectivity index (χ0n) is 11.0. The van der Waals surface area contributed by atoms with Crippen molar-refractivity contribution in [2.45, 2.75) is 11.7 Å². The molecule has 0 radical (unpaired) electrons. The molecular weight excluding hydrogens is 304 g/mol. The van der Waals surface area contributed by atoms with E-state index >= 15 is 0 Å². The number of hydrogen-bond acceptors (Lipinski definition) is 4. The molecule has 0 bridgehead atoms. The lowest BCUT2D eigenvalue weighted by Gasteiger charge is -2.10.